The predicted octanol–water partition coefficient (Wildman–Crippen LogP) is 5.29. The zero-order valence-corrected chi connectivity index (χ0v) is 19.7. The SMILES string of the molecule is Cc1ccc(CN2C(=O)C(c3cccs3)=C(N3CCC(Cc4ccccc4)CC3)C2=O)cc1. The van der Waals surface area contributed by atoms with Crippen molar-refractivity contribution in [1.29, 1.82) is 0 Å². The number of carbonyl (C=O) groups is 2. The van der Waals surface area contributed by atoms with Crippen molar-refractivity contribution in [3.63, 3.8) is 0 Å². The van der Waals surface area contributed by atoms with Crippen LogP contribution in [0.4, 0.5) is 0 Å². The normalized spacial score (nSPS) is 17.4. The van der Waals surface area contributed by atoms with Gasteiger partial charge in [0.15, 0.2) is 0 Å². The van der Waals surface area contributed by atoms with E-state index in [1.165, 1.54) is 21.8 Å². The van der Waals surface area contributed by atoms with Crippen LogP contribution in [0.1, 0.15) is 34.4 Å². The molecule has 0 N–H and O–H groups in total. The highest BCUT2D eigenvalue weighted by Gasteiger charge is 2.42. The molecular weight excluding hydrogens is 428 g/mol. The number of hydrogen-bond acceptors (Lipinski definition) is 4. The molecule has 1 aromatic heterocycles. The van der Waals surface area contributed by atoms with E-state index in [4.69, 9.17) is 0 Å². The first-order valence-electron chi connectivity index (χ1n) is 11.6. The van der Waals surface area contributed by atoms with E-state index in [0.717, 1.165) is 48.4 Å². The first-order valence-corrected chi connectivity index (χ1v) is 12.5. The summed E-state index contributed by atoms with van der Waals surface area (Å²) in [6.45, 7) is 3.95. The zero-order chi connectivity index (χ0) is 22.8. The molecule has 0 unspecified atom stereocenters. The summed E-state index contributed by atoms with van der Waals surface area (Å²) < 4.78 is 0. The number of aryl methyl sites for hydroxylation is 1. The zero-order valence-electron chi connectivity index (χ0n) is 18.9. The molecular formula is C28H28N2O2S. The maximum atomic E-state index is 13.6. The summed E-state index contributed by atoms with van der Waals surface area (Å²) in [6.07, 6.45) is 3.11. The maximum Gasteiger partial charge on any atom is 0.278 e. The van der Waals surface area contributed by atoms with Gasteiger partial charge in [0.25, 0.3) is 11.8 Å². The molecule has 0 spiro atoms. The molecule has 0 saturated carbocycles. The Morgan fingerprint density at radius 1 is 0.848 bits per heavy atom. The number of benzene rings is 2. The number of nitrogens with zero attached hydrogens (tertiary/aromatic N) is 2. The van der Waals surface area contributed by atoms with E-state index in [-0.39, 0.29) is 11.8 Å². The van der Waals surface area contributed by atoms with Crippen molar-refractivity contribution >= 4 is 28.7 Å². The molecule has 1 saturated heterocycles. The Kier molecular flexibility index (Phi) is 6.14. The van der Waals surface area contributed by atoms with Gasteiger partial charge in [0.1, 0.15) is 5.70 Å². The predicted molar refractivity (Wildman–Crippen MR) is 132 cm³/mol. The number of piperidine rings is 1. The molecule has 3 heterocycles. The second kappa shape index (κ2) is 9.36. The number of hydrogen-bond donors (Lipinski definition) is 0. The van der Waals surface area contributed by atoms with Gasteiger partial charge in [-0.25, -0.2) is 0 Å². The number of carbonyl (C=O) groups excluding carboxylic acids is 2. The minimum absolute atomic E-state index is 0.162. The number of imide groups is 1. The van der Waals surface area contributed by atoms with Crippen molar-refractivity contribution in [1.82, 2.24) is 9.80 Å². The summed E-state index contributed by atoms with van der Waals surface area (Å²) in [5.41, 5.74) is 4.66. The van der Waals surface area contributed by atoms with Crippen LogP contribution in [0.25, 0.3) is 5.57 Å². The van der Waals surface area contributed by atoms with Gasteiger partial charge in [-0.2, -0.15) is 0 Å². The van der Waals surface area contributed by atoms with Crippen LogP contribution in [0, 0.1) is 12.8 Å². The standard InChI is InChI=1S/C28H28N2O2S/c1-20-9-11-23(12-10-20)19-30-27(31)25(24-8-5-17-33-24)26(28(30)32)29-15-13-22(14-16-29)18-21-6-3-2-4-7-21/h2-12,17,22H,13-16,18-19H2,1H3. The van der Waals surface area contributed by atoms with Gasteiger partial charge in [0.2, 0.25) is 0 Å². The van der Waals surface area contributed by atoms with Crippen LogP contribution in [0.15, 0.2) is 77.8 Å². The van der Waals surface area contributed by atoms with E-state index in [0.29, 0.717) is 23.7 Å². The van der Waals surface area contributed by atoms with Gasteiger partial charge in [-0.3, -0.25) is 14.5 Å². The third kappa shape index (κ3) is 4.51. The Morgan fingerprint density at radius 3 is 2.24 bits per heavy atom. The fraction of sp³-hybridized carbons (Fsp3) is 0.286. The topological polar surface area (TPSA) is 40.6 Å². The van der Waals surface area contributed by atoms with Gasteiger partial charge in [-0.05, 0) is 54.7 Å². The summed E-state index contributed by atoms with van der Waals surface area (Å²) in [6, 6.07) is 22.5. The van der Waals surface area contributed by atoms with Crippen LogP contribution in [0.3, 0.4) is 0 Å². The van der Waals surface area contributed by atoms with E-state index < -0.39 is 0 Å². The highest BCUT2D eigenvalue weighted by Crippen LogP contribution is 2.36. The smallest absolute Gasteiger partial charge is 0.278 e. The Morgan fingerprint density at radius 2 is 1.58 bits per heavy atom. The van der Waals surface area contributed by atoms with Gasteiger partial charge in [0.05, 0.1) is 12.1 Å². The summed E-state index contributed by atoms with van der Waals surface area (Å²) >= 11 is 1.52. The molecule has 2 aliphatic rings. The van der Waals surface area contributed by atoms with E-state index >= 15 is 0 Å². The molecule has 3 aromatic rings. The van der Waals surface area contributed by atoms with Gasteiger partial charge in [-0.1, -0.05) is 66.2 Å². The molecule has 5 heteroatoms. The van der Waals surface area contributed by atoms with Crippen molar-refractivity contribution in [3.8, 4) is 0 Å². The molecule has 1 fully saturated rings. The third-order valence-electron chi connectivity index (χ3n) is 6.67. The van der Waals surface area contributed by atoms with Gasteiger partial charge in [0, 0.05) is 18.0 Å². The van der Waals surface area contributed by atoms with Crippen LogP contribution in [0.2, 0.25) is 0 Å². The molecule has 0 aliphatic carbocycles. The molecule has 0 radical (unpaired) electrons. The first-order chi connectivity index (χ1) is 16.1. The second-order valence-corrected chi connectivity index (χ2v) is 9.95. The molecule has 5 rings (SSSR count). The quantitative estimate of drug-likeness (QED) is 0.473. The molecule has 2 aromatic carbocycles. The van der Waals surface area contributed by atoms with Crippen LogP contribution in [-0.4, -0.2) is 34.7 Å². The van der Waals surface area contributed by atoms with Crippen molar-refractivity contribution in [2.75, 3.05) is 13.1 Å². The summed E-state index contributed by atoms with van der Waals surface area (Å²) in [5, 5.41) is 1.96. The first kappa shape index (κ1) is 21.7. The lowest BCUT2D eigenvalue weighted by Gasteiger charge is -2.34. The Bertz CT molecular complexity index is 1160. The minimum Gasteiger partial charge on any atom is -0.366 e. The van der Waals surface area contributed by atoms with Crippen LogP contribution < -0.4 is 0 Å². The summed E-state index contributed by atoms with van der Waals surface area (Å²) in [7, 11) is 0. The van der Waals surface area contributed by atoms with Crippen LogP contribution in [0.5, 0.6) is 0 Å². The lowest BCUT2D eigenvalue weighted by Crippen LogP contribution is -2.38. The fourth-order valence-corrected chi connectivity index (χ4v) is 5.59. The van der Waals surface area contributed by atoms with E-state index in [1.807, 2.05) is 48.7 Å². The number of amides is 2. The molecule has 4 nitrogen and oxygen atoms in total. The monoisotopic (exact) mass is 456 g/mol. The Labute approximate surface area is 199 Å². The summed E-state index contributed by atoms with van der Waals surface area (Å²) in [5.74, 6) is 0.264. The molecule has 33 heavy (non-hydrogen) atoms. The van der Waals surface area contributed by atoms with Crippen molar-refractivity contribution in [3.05, 3.63) is 99.4 Å². The molecule has 0 bridgehead atoms. The molecule has 2 aliphatic heterocycles. The van der Waals surface area contributed by atoms with E-state index in [2.05, 4.69) is 35.2 Å². The summed E-state index contributed by atoms with van der Waals surface area (Å²) in [4.78, 5) is 31.5. The second-order valence-electron chi connectivity index (χ2n) is 9.00. The third-order valence-corrected chi connectivity index (χ3v) is 7.56. The Balaban J connectivity index is 1.36. The van der Waals surface area contributed by atoms with Crippen LogP contribution in [-0.2, 0) is 22.6 Å². The average molecular weight is 457 g/mol. The van der Waals surface area contributed by atoms with E-state index in [1.54, 1.807) is 0 Å². The maximum absolute atomic E-state index is 13.6. The highest BCUT2D eigenvalue weighted by molar-refractivity contribution is 7.11. The number of thiophene rings is 1. The lowest BCUT2D eigenvalue weighted by atomic mass is 9.90. The van der Waals surface area contributed by atoms with Crippen molar-refractivity contribution in [2.45, 2.75) is 32.7 Å². The number of likely N-dealkylation sites (tertiary alicyclic amines) is 1. The largest absolute Gasteiger partial charge is 0.366 e. The minimum atomic E-state index is -0.176. The van der Waals surface area contributed by atoms with Gasteiger partial charge < -0.3 is 4.90 Å². The Hall–Kier alpha value is -3.18. The molecule has 0 atom stereocenters. The van der Waals surface area contributed by atoms with Gasteiger partial charge >= 0.3 is 0 Å². The van der Waals surface area contributed by atoms with Crippen molar-refractivity contribution in [2.24, 2.45) is 5.92 Å². The average Bonchev–Trinajstić information content (AvgIpc) is 3.44. The van der Waals surface area contributed by atoms with E-state index in [9.17, 15) is 9.59 Å². The number of rotatable bonds is 6. The lowest BCUT2D eigenvalue weighted by molar-refractivity contribution is -0.138. The molecule has 168 valence electrons. The molecule has 2 amide bonds. The van der Waals surface area contributed by atoms with Crippen LogP contribution >= 0.6 is 11.3 Å². The fourth-order valence-electron chi connectivity index (χ4n) is 4.83. The van der Waals surface area contributed by atoms with Crippen molar-refractivity contribution < 1.29 is 9.59 Å². The van der Waals surface area contributed by atoms with Gasteiger partial charge in [-0.15, -0.1) is 11.3 Å². The highest BCUT2D eigenvalue weighted by atomic mass is 32.1.